The van der Waals surface area contributed by atoms with Gasteiger partial charge in [-0.25, -0.2) is 0 Å². The summed E-state index contributed by atoms with van der Waals surface area (Å²) in [4.78, 5) is 12.3. The third-order valence-electron chi connectivity index (χ3n) is 3.68. The van der Waals surface area contributed by atoms with Crippen LogP contribution in [0.1, 0.15) is 51.0 Å². The topological polar surface area (TPSA) is 29.1 Å². The fourth-order valence-corrected chi connectivity index (χ4v) is 2.66. The Morgan fingerprint density at radius 3 is 2.94 bits per heavy atom. The van der Waals surface area contributed by atoms with E-state index in [1.807, 2.05) is 12.1 Å². The fraction of sp³-hybridized carbons (Fsp3) is 0.562. The molecule has 0 aliphatic carbocycles. The first-order valence-electron chi connectivity index (χ1n) is 7.04. The highest BCUT2D eigenvalue weighted by Crippen LogP contribution is 2.33. The molecule has 0 radical (unpaired) electrons. The number of rotatable bonds is 5. The zero-order chi connectivity index (χ0) is 13.0. The van der Waals surface area contributed by atoms with E-state index in [9.17, 15) is 4.79 Å². The van der Waals surface area contributed by atoms with E-state index in [1.165, 1.54) is 5.56 Å². The van der Waals surface area contributed by atoms with Crippen molar-refractivity contribution < 1.29 is 4.79 Å². The zero-order valence-corrected chi connectivity index (χ0v) is 11.4. The lowest BCUT2D eigenvalue weighted by Gasteiger charge is -2.25. The van der Waals surface area contributed by atoms with Crippen molar-refractivity contribution in [1.29, 1.82) is 0 Å². The number of anilines is 1. The maximum atomic E-state index is 12.3. The Hall–Kier alpha value is -1.31. The van der Waals surface area contributed by atoms with Crippen LogP contribution in [0, 0.1) is 5.92 Å². The molecule has 98 valence electrons. The molecule has 0 saturated carbocycles. The number of hydrogen-bond acceptors (Lipinski definition) is 2. The van der Waals surface area contributed by atoms with Crippen LogP contribution in [-0.2, 0) is 4.79 Å². The molecular weight excluding hydrogens is 222 g/mol. The Bertz CT molecular complexity index is 411. The lowest BCUT2D eigenvalue weighted by molar-refractivity contribution is -0.120. The monoisotopic (exact) mass is 245 g/mol. The predicted molar refractivity (Wildman–Crippen MR) is 76.0 cm³/mol. The smallest absolute Gasteiger partial charge is 0.140 e. The van der Waals surface area contributed by atoms with Gasteiger partial charge < -0.3 is 5.32 Å². The van der Waals surface area contributed by atoms with Gasteiger partial charge in [-0.2, -0.15) is 0 Å². The molecule has 0 saturated heterocycles. The molecular formula is C16H23NO. The van der Waals surface area contributed by atoms with E-state index in [4.69, 9.17) is 0 Å². The van der Waals surface area contributed by atoms with Crippen LogP contribution in [0.3, 0.4) is 0 Å². The van der Waals surface area contributed by atoms with Crippen LogP contribution in [0.15, 0.2) is 24.3 Å². The molecule has 1 aromatic rings. The van der Waals surface area contributed by atoms with E-state index in [-0.39, 0.29) is 5.92 Å². The van der Waals surface area contributed by atoms with Crippen LogP contribution in [-0.4, -0.2) is 12.3 Å². The molecule has 0 aromatic heterocycles. The molecule has 2 nitrogen and oxygen atoms in total. The van der Waals surface area contributed by atoms with E-state index in [1.54, 1.807) is 0 Å². The molecule has 18 heavy (non-hydrogen) atoms. The van der Waals surface area contributed by atoms with Gasteiger partial charge in [0, 0.05) is 24.6 Å². The molecule has 1 atom stereocenters. The van der Waals surface area contributed by atoms with Crippen LogP contribution in [0.2, 0.25) is 0 Å². The predicted octanol–water partition coefficient (Wildman–Crippen LogP) is 3.98. The first kappa shape index (κ1) is 13.1. The van der Waals surface area contributed by atoms with Gasteiger partial charge in [-0.15, -0.1) is 0 Å². The molecule has 2 rings (SSSR count). The van der Waals surface area contributed by atoms with E-state index in [0.29, 0.717) is 11.7 Å². The van der Waals surface area contributed by atoms with E-state index in [2.05, 4.69) is 31.3 Å². The van der Waals surface area contributed by atoms with Gasteiger partial charge in [-0.3, -0.25) is 4.79 Å². The number of carbonyl (C=O) groups excluding carboxylic acids is 1. The first-order chi connectivity index (χ1) is 8.68. The Labute approximate surface area is 110 Å². The van der Waals surface area contributed by atoms with Crippen LogP contribution in [0.4, 0.5) is 5.69 Å². The highest BCUT2D eigenvalue weighted by molar-refractivity contribution is 5.88. The maximum Gasteiger partial charge on any atom is 0.140 e. The lowest BCUT2D eigenvalue weighted by Crippen LogP contribution is -2.22. The van der Waals surface area contributed by atoms with Crippen molar-refractivity contribution >= 4 is 11.5 Å². The minimum absolute atomic E-state index is 0.120. The van der Waals surface area contributed by atoms with Gasteiger partial charge >= 0.3 is 0 Å². The summed E-state index contributed by atoms with van der Waals surface area (Å²) >= 11 is 0. The minimum Gasteiger partial charge on any atom is -0.385 e. The van der Waals surface area contributed by atoms with Crippen molar-refractivity contribution in [3.63, 3.8) is 0 Å². The fourth-order valence-electron chi connectivity index (χ4n) is 2.66. The van der Waals surface area contributed by atoms with E-state index in [0.717, 1.165) is 37.9 Å². The van der Waals surface area contributed by atoms with Crippen molar-refractivity contribution in [2.24, 2.45) is 5.92 Å². The summed E-state index contributed by atoms with van der Waals surface area (Å²) < 4.78 is 0. The average Bonchev–Trinajstić information content (AvgIpc) is 2.37. The van der Waals surface area contributed by atoms with Crippen molar-refractivity contribution in [1.82, 2.24) is 0 Å². The normalized spacial score (nSPS) is 18.3. The second-order valence-electron chi connectivity index (χ2n) is 5.61. The van der Waals surface area contributed by atoms with Gasteiger partial charge in [-0.1, -0.05) is 38.5 Å². The maximum absolute atomic E-state index is 12.3. The summed E-state index contributed by atoms with van der Waals surface area (Å²) in [5, 5.41) is 3.37. The van der Waals surface area contributed by atoms with Crippen molar-refractivity contribution in [3.8, 4) is 0 Å². The van der Waals surface area contributed by atoms with Crippen molar-refractivity contribution in [2.75, 3.05) is 11.9 Å². The van der Waals surface area contributed by atoms with Crippen LogP contribution in [0.5, 0.6) is 0 Å². The van der Waals surface area contributed by atoms with Gasteiger partial charge in [0.15, 0.2) is 0 Å². The van der Waals surface area contributed by atoms with Crippen molar-refractivity contribution in [2.45, 2.75) is 45.4 Å². The van der Waals surface area contributed by atoms with E-state index < -0.39 is 0 Å². The van der Waals surface area contributed by atoms with Gasteiger partial charge in [0.2, 0.25) is 0 Å². The molecule has 1 aliphatic rings. The minimum atomic E-state index is 0.120. The number of hydrogen-bond donors (Lipinski definition) is 1. The van der Waals surface area contributed by atoms with E-state index >= 15 is 0 Å². The van der Waals surface area contributed by atoms with Crippen LogP contribution < -0.4 is 5.32 Å². The summed E-state index contributed by atoms with van der Waals surface area (Å²) in [7, 11) is 0. The third kappa shape index (κ3) is 3.12. The molecule has 0 fully saturated rings. The molecule has 1 N–H and O–H groups in total. The third-order valence-corrected chi connectivity index (χ3v) is 3.68. The van der Waals surface area contributed by atoms with Crippen LogP contribution >= 0.6 is 0 Å². The molecule has 2 heteroatoms. The SMILES string of the molecule is CC(C)CCCC(=O)C1CCNc2ccccc21. The summed E-state index contributed by atoms with van der Waals surface area (Å²) in [6, 6.07) is 8.22. The Morgan fingerprint density at radius 2 is 2.17 bits per heavy atom. The standard InChI is InChI=1S/C16H23NO/c1-12(2)6-5-9-16(18)14-10-11-17-15-8-4-3-7-13(14)15/h3-4,7-8,12,14,17H,5-6,9-11H2,1-2H3. The average molecular weight is 245 g/mol. The number of Topliss-reactive ketones (excluding diaryl/α,β-unsaturated/α-hetero) is 1. The summed E-state index contributed by atoms with van der Waals surface area (Å²) in [5.74, 6) is 1.23. The molecule has 1 aromatic carbocycles. The summed E-state index contributed by atoms with van der Waals surface area (Å²) in [6.45, 7) is 5.34. The first-order valence-corrected chi connectivity index (χ1v) is 7.04. The summed E-state index contributed by atoms with van der Waals surface area (Å²) in [6.07, 6.45) is 3.86. The summed E-state index contributed by atoms with van der Waals surface area (Å²) in [5.41, 5.74) is 2.34. The number of nitrogens with one attached hydrogen (secondary N) is 1. The second kappa shape index (κ2) is 6.03. The van der Waals surface area contributed by atoms with Gasteiger partial charge in [0.1, 0.15) is 5.78 Å². The number of fused-ring (bicyclic) bond motifs is 1. The largest absolute Gasteiger partial charge is 0.385 e. The second-order valence-corrected chi connectivity index (χ2v) is 5.61. The Balaban J connectivity index is 1.99. The molecule has 0 spiro atoms. The Morgan fingerprint density at radius 1 is 1.39 bits per heavy atom. The molecule has 0 bridgehead atoms. The lowest BCUT2D eigenvalue weighted by atomic mass is 9.85. The molecule has 0 amide bonds. The van der Waals surface area contributed by atoms with Gasteiger partial charge in [0.05, 0.1) is 0 Å². The molecule has 1 heterocycles. The van der Waals surface area contributed by atoms with Crippen LogP contribution in [0.25, 0.3) is 0 Å². The highest BCUT2D eigenvalue weighted by Gasteiger charge is 2.25. The molecule has 1 aliphatic heterocycles. The number of para-hydroxylation sites is 1. The van der Waals surface area contributed by atoms with Gasteiger partial charge in [0.25, 0.3) is 0 Å². The molecule has 1 unspecified atom stereocenters. The number of ketones is 1. The Kier molecular flexibility index (Phi) is 4.40. The number of benzene rings is 1. The highest BCUT2D eigenvalue weighted by atomic mass is 16.1. The number of carbonyl (C=O) groups is 1. The van der Waals surface area contributed by atoms with Gasteiger partial charge in [-0.05, 0) is 30.4 Å². The van der Waals surface area contributed by atoms with Crippen molar-refractivity contribution in [3.05, 3.63) is 29.8 Å². The zero-order valence-electron chi connectivity index (χ0n) is 11.4. The quantitative estimate of drug-likeness (QED) is 0.850.